The minimum absolute atomic E-state index is 0.134. The van der Waals surface area contributed by atoms with Gasteiger partial charge in [0.1, 0.15) is 5.76 Å². The molecule has 3 amide bonds. The monoisotopic (exact) mass is 458 g/mol. The van der Waals surface area contributed by atoms with Crippen molar-refractivity contribution in [2.75, 3.05) is 38.5 Å². The lowest BCUT2D eigenvalue weighted by molar-refractivity contribution is -0.139. The maximum atomic E-state index is 13.5. The topological polar surface area (TPSA) is 69.0 Å². The summed E-state index contributed by atoms with van der Waals surface area (Å²) < 4.78 is 5.43. The van der Waals surface area contributed by atoms with E-state index in [-0.39, 0.29) is 18.0 Å². The standard InChI is InChI=1S/C24H31ClN4O3/c1-27(17-21-10-5-15-32-21)23(30)22(18-6-2-3-7-18)28-11-13-29(14-12-28)24(31)26-20-9-4-8-19(25)16-20/h4-5,8-10,15-16,18,22H,2-3,6-7,11-14,17H2,1H3,(H,26,31)/t22-/m1/s1. The number of carbonyl (C=O) groups is 2. The Hall–Kier alpha value is -2.51. The molecule has 1 saturated carbocycles. The van der Waals surface area contributed by atoms with Crippen LogP contribution in [0.4, 0.5) is 10.5 Å². The van der Waals surface area contributed by atoms with Gasteiger partial charge in [0, 0.05) is 43.9 Å². The van der Waals surface area contributed by atoms with Gasteiger partial charge in [0.2, 0.25) is 5.91 Å². The fraction of sp³-hybridized carbons (Fsp3) is 0.500. The molecule has 32 heavy (non-hydrogen) atoms. The van der Waals surface area contributed by atoms with E-state index < -0.39 is 0 Å². The Bertz CT molecular complexity index is 906. The van der Waals surface area contributed by atoms with Crippen LogP contribution in [0.3, 0.4) is 0 Å². The van der Waals surface area contributed by atoms with Crippen molar-refractivity contribution in [3.63, 3.8) is 0 Å². The number of hydrogen-bond donors (Lipinski definition) is 1. The van der Waals surface area contributed by atoms with Gasteiger partial charge < -0.3 is 19.5 Å². The number of halogens is 1. The fourth-order valence-electron chi connectivity index (χ4n) is 4.84. The summed E-state index contributed by atoms with van der Waals surface area (Å²) in [6.45, 7) is 3.02. The minimum Gasteiger partial charge on any atom is -0.467 e. The number of carbonyl (C=O) groups excluding carboxylic acids is 2. The molecule has 0 spiro atoms. The molecular weight excluding hydrogens is 428 g/mol. The number of anilines is 1. The number of furan rings is 1. The van der Waals surface area contributed by atoms with E-state index in [1.807, 2.05) is 31.3 Å². The van der Waals surface area contributed by atoms with Crippen LogP contribution in [-0.2, 0) is 11.3 Å². The molecule has 1 aliphatic heterocycles. The van der Waals surface area contributed by atoms with Crippen LogP contribution in [0.15, 0.2) is 47.1 Å². The normalized spacial score (nSPS) is 18.5. The van der Waals surface area contributed by atoms with Crippen molar-refractivity contribution >= 4 is 29.2 Å². The molecule has 1 saturated heterocycles. The van der Waals surface area contributed by atoms with Crippen molar-refractivity contribution in [2.24, 2.45) is 5.92 Å². The predicted octanol–water partition coefficient (Wildman–Crippen LogP) is 4.30. The molecule has 7 nitrogen and oxygen atoms in total. The molecule has 0 radical (unpaired) electrons. The largest absolute Gasteiger partial charge is 0.467 e. The second kappa shape index (κ2) is 10.4. The molecule has 2 heterocycles. The van der Waals surface area contributed by atoms with Gasteiger partial charge in [-0.1, -0.05) is 30.5 Å². The molecule has 0 bridgehead atoms. The number of rotatable bonds is 6. The van der Waals surface area contributed by atoms with E-state index >= 15 is 0 Å². The van der Waals surface area contributed by atoms with Crippen molar-refractivity contribution < 1.29 is 14.0 Å². The van der Waals surface area contributed by atoms with Crippen molar-refractivity contribution in [1.29, 1.82) is 0 Å². The number of amides is 3. The Morgan fingerprint density at radius 1 is 1.16 bits per heavy atom. The maximum Gasteiger partial charge on any atom is 0.321 e. The summed E-state index contributed by atoms with van der Waals surface area (Å²) in [6.07, 6.45) is 6.16. The number of benzene rings is 1. The molecule has 1 N–H and O–H groups in total. The molecule has 2 aromatic rings. The van der Waals surface area contributed by atoms with Crippen LogP contribution in [0.1, 0.15) is 31.4 Å². The Labute approximate surface area is 194 Å². The van der Waals surface area contributed by atoms with Gasteiger partial charge in [0.05, 0.1) is 18.8 Å². The first-order valence-electron chi connectivity index (χ1n) is 11.3. The third-order valence-electron chi connectivity index (χ3n) is 6.52. The van der Waals surface area contributed by atoms with E-state index in [1.165, 1.54) is 12.8 Å². The zero-order valence-corrected chi connectivity index (χ0v) is 19.3. The van der Waals surface area contributed by atoms with Crippen molar-refractivity contribution in [3.05, 3.63) is 53.4 Å². The van der Waals surface area contributed by atoms with Crippen molar-refractivity contribution in [3.8, 4) is 0 Å². The minimum atomic E-state index is -0.143. The molecule has 2 aliphatic rings. The third-order valence-corrected chi connectivity index (χ3v) is 6.75. The number of urea groups is 1. The van der Waals surface area contributed by atoms with Crippen LogP contribution < -0.4 is 5.32 Å². The highest BCUT2D eigenvalue weighted by atomic mass is 35.5. The summed E-state index contributed by atoms with van der Waals surface area (Å²) in [4.78, 5) is 32.0. The first-order valence-corrected chi connectivity index (χ1v) is 11.7. The average molecular weight is 459 g/mol. The fourth-order valence-corrected chi connectivity index (χ4v) is 5.03. The Kier molecular flexibility index (Phi) is 7.37. The molecule has 4 rings (SSSR count). The van der Waals surface area contributed by atoms with Gasteiger partial charge in [0.15, 0.2) is 0 Å². The quantitative estimate of drug-likeness (QED) is 0.700. The molecule has 1 aliphatic carbocycles. The summed E-state index contributed by atoms with van der Waals surface area (Å²) in [5.41, 5.74) is 0.684. The number of likely N-dealkylation sites (N-methyl/N-ethyl adjacent to an activating group) is 1. The SMILES string of the molecule is CN(Cc1ccco1)C(=O)[C@@H](C1CCCC1)N1CCN(C(=O)Nc2cccc(Cl)c2)CC1. The van der Waals surface area contributed by atoms with Crippen LogP contribution in [0, 0.1) is 5.92 Å². The van der Waals surface area contributed by atoms with Crippen LogP contribution in [0.25, 0.3) is 0 Å². The Balaban J connectivity index is 1.37. The molecule has 172 valence electrons. The van der Waals surface area contributed by atoms with Crippen LogP contribution >= 0.6 is 11.6 Å². The molecule has 0 unspecified atom stereocenters. The summed E-state index contributed by atoms with van der Waals surface area (Å²) in [5.74, 6) is 1.30. The van der Waals surface area contributed by atoms with Crippen LogP contribution in [0.5, 0.6) is 0 Å². The maximum absolute atomic E-state index is 13.5. The van der Waals surface area contributed by atoms with E-state index in [0.717, 1.165) is 18.6 Å². The first-order chi connectivity index (χ1) is 15.5. The lowest BCUT2D eigenvalue weighted by atomic mass is 9.94. The smallest absolute Gasteiger partial charge is 0.321 e. The van der Waals surface area contributed by atoms with E-state index in [2.05, 4.69) is 10.2 Å². The van der Waals surface area contributed by atoms with Crippen LogP contribution in [-0.4, -0.2) is 65.9 Å². The number of piperazine rings is 1. The number of nitrogens with zero attached hydrogens (tertiary/aromatic N) is 3. The van der Waals surface area contributed by atoms with E-state index in [4.69, 9.17) is 16.0 Å². The number of hydrogen-bond acceptors (Lipinski definition) is 4. The van der Waals surface area contributed by atoms with Gasteiger partial charge in [-0.25, -0.2) is 4.79 Å². The lowest BCUT2D eigenvalue weighted by Gasteiger charge is -2.41. The molecule has 1 atom stereocenters. The Morgan fingerprint density at radius 3 is 2.56 bits per heavy atom. The second-order valence-electron chi connectivity index (χ2n) is 8.73. The lowest BCUT2D eigenvalue weighted by Crippen LogP contribution is -2.58. The highest BCUT2D eigenvalue weighted by Crippen LogP contribution is 2.32. The highest BCUT2D eigenvalue weighted by Gasteiger charge is 2.38. The highest BCUT2D eigenvalue weighted by molar-refractivity contribution is 6.30. The summed E-state index contributed by atoms with van der Waals surface area (Å²) in [6, 6.07) is 10.6. The summed E-state index contributed by atoms with van der Waals surface area (Å²) >= 11 is 6.02. The van der Waals surface area contributed by atoms with E-state index in [9.17, 15) is 9.59 Å². The van der Waals surface area contributed by atoms with Crippen molar-refractivity contribution in [1.82, 2.24) is 14.7 Å². The van der Waals surface area contributed by atoms with E-state index in [0.29, 0.717) is 49.4 Å². The number of nitrogens with one attached hydrogen (secondary N) is 1. The van der Waals surface area contributed by atoms with Gasteiger partial charge in [-0.2, -0.15) is 0 Å². The molecular formula is C24H31ClN4O3. The second-order valence-corrected chi connectivity index (χ2v) is 9.16. The zero-order chi connectivity index (χ0) is 22.5. The molecule has 8 heteroatoms. The van der Waals surface area contributed by atoms with Crippen molar-refractivity contribution in [2.45, 2.75) is 38.3 Å². The molecule has 1 aromatic heterocycles. The predicted molar refractivity (Wildman–Crippen MR) is 125 cm³/mol. The molecule has 1 aromatic carbocycles. The Morgan fingerprint density at radius 2 is 1.91 bits per heavy atom. The third kappa shape index (κ3) is 5.45. The van der Waals surface area contributed by atoms with Gasteiger partial charge in [0.25, 0.3) is 0 Å². The average Bonchev–Trinajstić information content (AvgIpc) is 3.49. The first kappa shape index (κ1) is 22.7. The summed E-state index contributed by atoms with van der Waals surface area (Å²) in [5, 5.41) is 3.50. The zero-order valence-electron chi connectivity index (χ0n) is 18.5. The van der Waals surface area contributed by atoms with Crippen LogP contribution in [0.2, 0.25) is 5.02 Å². The molecule has 2 fully saturated rings. The van der Waals surface area contributed by atoms with Gasteiger partial charge in [-0.15, -0.1) is 0 Å². The van der Waals surface area contributed by atoms with Gasteiger partial charge >= 0.3 is 6.03 Å². The van der Waals surface area contributed by atoms with Gasteiger partial charge in [-0.3, -0.25) is 9.69 Å². The van der Waals surface area contributed by atoms with E-state index in [1.54, 1.807) is 28.2 Å². The van der Waals surface area contributed by atoms with Gasteiger partial charge in [-0.05, 0) is 49.1 Å². The summed E-state index contributed by atoms with van der Waals surface area (Å²) in [7, 11) is 1.85.